The summed E-state index contributed by atoms with van der Waals surface area (Å²) < 4.78 is 32.5. The average Bonchev–Trinajstić information content (AvgIpc) is 2.87. The summed E-state index contributed by atoms with van der Waals surface area (Å²) in [5.74, 6) is -2.12. The smallest absolute Gasteiger partial charge is 0.291 e. The van der Waals surface area contributed by atoms with Crippen molar-refractivity contribution in [2.24, 2.45) is 0 Å². The van der Waals surface area contributed by atoms with Crippen molar-refractivity contribution in [3.8, 4) is 0 Å². The molecule has 1 heterocycles. The molecule has 3 rings (SSSR count). The first-order chi connectivity index (χ1) is 10.0. The molecule has 0 atom stereocenters. The van der Waals surface area contributed by atoms with Gasteiger partial charge in [0, 0.05) is 11.5 Å². The number of hydrogen-bond donors (Lipinski definition) is 1. The van der Waals surface area contributed by atoms with E-state index in [9.17, 15) is 13.6 Å². The highest BCUT2D eigenvalue weighted by Crippen LogP contribution is 2.27. The van der Waals surface area contributed by atoms with E-state index in [2.05, 4.69) is 21.2 Å². The molecule has 0 saturated heterocycles. The molecule has 0 bridgehead atoms. The highest BCUT2D eigenvalue weighted by molar-refractivity contribution is 9.10. The third-order valence-electron chi connectivity index (χ3n) is 2.90. The van der Waals surface area contributed by atoms with E-state index in [0.717, 1.165) is 17.5 Å². The quantitative estimate of drug-likeness (QED) is 0.725. The monoisotopic (exact) mass is 351 g/mol. The van der Waals surface area contributed by atoms with Crippen molar-refractivity contribution >= 4 is 38.5 Å². The maximum Gasteiger partial charge on any atom is 0.291 e. The Hall–Kier alpha value is -2.21. The van der Waals surface area contributed by atoms with Crippen molar-refractivity contribution in [3.05, 3.63) is 64.3 Å². The predicted octanol–water partition coefficient (Wildman–Crippen LogP) is 4.73. The number of furan rings is 1. The molecule has 0 aliphatic rings. The number of carbonyl (C=O) groups is 1. The van der Waals surface area contributed by atoms with Crippen molar-refractivity contribution in [3.63, 3.8) is 0 Å². The lowest BCUT2D eigenvalue weighted by atomic mass is 10.2. The zero-order valence-electron chi connectivity index (χ0n) is 10.5. The third kappa shape index (κ3) is 2.67. The van der Waals surface area contributed by atoms with Gasteiger partial charge in [0.25, 0.3) is 5.91 Å². The van der Waals surface area contributed by atoms with Crippen molar-refractivity contribution in [1.29, 1.82) is 0 Å². The Morgan fingerprint density at radius 2 is 1.95 bits per heavy atom. The van der Waals surface area contributed by atoms with E-state index in [1.165, 1.54) is 0 Å². The molecule has 0 unspecified atom stereocenters. The van der Waals surface area contributed by atoms with Crippen LogP contribution < -0.4 is 5.32 Å². The Balaban J connectivity index is 1.92. The fraction of sp³-hybridized carbons (Fsp3) is 0. The maximum atomic E-state index is 13.5. The Bertz CT molecular complexity index is 845. The molecule has 21 heavy (non-hydrogen) atoms. The zero-order chi connectivity index (χ0) is 15.0. The molecule has 3 aromatic rings. The number of hydrogen-bond acceptors (Lipinski definition) is 2. The van der Waals surface area contributed by atoms with Gasteiger partial charge in [-0.25, -0.2) is 8.78 Å². The van der Waals surface area contributed by atoms with Crippen LogP contribution in [0, 0.1) is 11.6 Å². The number of fused-ring (bicyclic) bond motifs is 1. The van der Waals surface area contributed by atoms with Crippen LogP contribution in [0.4, 0.5) is 14.5 Å². The number of benzene rings is 2. The normalized spacial score (nSPS) is 10.8. The molecule has 0 aliphatic heterocycles. The number of nitrogens with one attached hydrogen (secondary N) is 1. The van der Waals surface area contributed by atoms with Crippen LogP contribution in [0.5, 0.6) is 0 Å². The van der Waals surface area contributed by atoms with Gasteiger partial charge in [0.2, 0.25) is 0 Å². The predicted molar refractivity (Wildman–Crippen MR) is 78.2 cm³/mol. The fourth-order valence-corrected chi connectivity index (χ4v) is 2.38. The average molecular weight is 352 g/mol. The first kappa shape index (κ1) is 13.8. The lowest BCUT2D eigenvalue weighted by Gasteiger charge is -2.04. The van der Waals surface area contributed by atoms with Crippen LogP contribution in [-0.4, -0.2) is 5.91 Å². The Morgan fingerprint density at radius 3 is 2.67 bits per heavy atom. The summed E-state index contributed by atoms with van der Waals surface area (Å²) >= 11 is 3.32. The van der Waals surface area contributed by atoms with Gasteiger partial charge in [0.15, 0.2) is 5.76 Å². The summed E-state index contributed by atoms with van der Waals surface area (Å²) in [5, 5.41) is 3.09. The minimum atomic E-state index is -0.847. The van der Waals surface area contributed by atoms with E-state index in [4.69, 9.17) is 4.42 Å². The fourth-order valence-electron chi connectivity index (χ4n) is 1.91. The molecule has 1 aromatic heterocycles. The number of halogens is 3. The number of amides is 1. The molecular formula is C15H8BrF2NO2. The SMILES string of the molecule is O=C(Nc1ccc(F)cc1F)c1cc2cccc(Br)c2o1. The van der Waals surface area contributed by atoms with E-state index < -0.39 is 17.5 Å². The van der Waals surface area contributed by atoms with E-state index in [1.54, 1.807) is 18.2 Å². The van der Waals surface area contributed by atoms with E-state index in [1.807, 2.05) is 6.07 Å². The summed E-state index contributed by atoms with van der Waals surface area (Å²) in [6, 6.07) is 9.85. The van der Waals surface area contributed by atoms with Gasteiger partial charge in [-0.3, -0.25) is 4.79 Å². The second-order valence-electron chi connectivity index (χ2n) is 4.35. The maximum absolute atomic E-state index is 13.5. The summed E-state index contributed by atoms with van der Waals surface area (Å²) in [6.45, 7) is 0. The molecule has 0 saturated carbocycles. The highest BCUT2D eigenvalue weighted by atomic mass is 79.9. The van der Waals surface area contributed by atoms with Crippen LogP contribution in [0.3, 0.4) is 0 Å². The first-order valence-corrected chi connectivity index (χ1v) is 6.78. The zero-order valence-corrected chi connectivity index (χ0v) is 12.1. The van der Waals surface area contributed by atoms with Crippen LogP contribution in [0.15, 0.2) is 51.4 Å². The van der Waals surface area contributed by atoms with Crippen molar-refractivity contribution < 1.29 is 18.0 Å². The Morgan fingerprint density at radius 1 is 1.14 bits per heavy atom. The summed E-state index contributed by atoms with van der Waals surface area (Å²) in [5.41, 5.74) is 0.420. The van der Waals surface area contributed by atoms with Crippen molar-refractivity contribution in [2.45, 2.75) is 0 Å². The molecule has 1 amide bonds. The standard InChI is InChI=1S/C15H8BrF2NO2/c16-10-3-1-2-8-6-13(21-14(8)10)15(20)19-12-5-4-9(17)7-11(12)18/h1-7H,(H,19,20). The minimum absolute atomic E-state index is 0.0422. The van der Waals surface area contributed by atoms with Crippen LogP contribution in [0.2, 0.25) is 0 Å². The summed E-state index contributed by atoms with van der Waals surface area (Å²) in [7, 11) is 0. The molecule has 106 valence electrons. The van der Waals surface area contributed by atoms with Gasteiger partial charge in [-0.15, -0.1) is 0 Å². The van der Waals surface area contributed by atoms with Gasteiger partial charge in [0.05, 0.1) is 10.2 Å². The Kier molecular flexibility index (Phi) is 3.47. The number of carbonyl (C=O) groups excluding carboxylic acids is 1. The number of rotatable bonds is 2. The molecule has 0 radical (unpaired) electrons. The summed E-state index contributed by atoms with van der Waals surface area (Å²) in [6.07, 6.45) is 0. The molecule has 2 aromatic carbocycles. The van der Waals surface area contributed by atoms with E-state index in [0.29, 0.717) is 16.1 Å². The second-order valence-corrected chi connectivity index (χ2v) is 5.20. The van der Waals surface area contributed by atoms with E-state index in [-0.39, 0.29) is 11.4 Å². The van der Waals surface area contributed by atoms with Crippen LogP contribution in [0.25, 0.3) is 11.0 Å². The molecular weight excluding hydrogens is 344 g/mol. The van der Waals surface area contributed by atoms with Gasteiger partial charge in [-0.1, -0.05) is 12.1 Å². The number of anilines is 1. The Labute approximate surface area is 126 Å². The van der Waals surface area contributed by atoms with Gasteiger partial charge in [-0.2, -0.15) is 0 Å². The van der Waals surface area contributed by atoms with Crippen molar-refractivity contribution in [1.82, 2.24) is 0 Å². The molecule has 0 aliphatic carbocycles. The highest BCUT2D eigenvalue weighted by Gasteiger charge is 2.15. The minimum Gasteiger partial charge on any atom is -0.450 e. The molecule has 0 fully saturated rings. The van der Waals surface area contributed by atoms with Gasteiger partial charge < -0.3 is 9.73 Å². The first-order valence-electron chi connectivity index (χ1n) is 5.99. The van der Waals surface area contributed by atoms with Gasteiger partial charge in [0.1, 0.15) is 17.2 Å². The number of para-hydroxylation sites is 1. The van der Waals surface area contributed by atoms with Crippen LogP contribution >= 0.6 is 15.9 Å². The molecule has 1 N–H and O–H groups in total. The topological polar surface area (TPSA) is 42.2 Å². The molecule has 6 heteroatoms. The van der Waals surface area contributed by atoms with Crippen molar-refractivity contribution in [2.75, 3.05) is 5.32 Å². The third-order valence-corrected chi connectivity index (χ3v) is 3.52. The van der Waals surface area contributed by atoms with E-state index >= 15 is 0 Å². The summed E-state index contributed by atoms with van der Waals surface area (Å²) in [4.78, 5) is 12.1. The molecule has 0 spiro atoms. The van der Waals surface area contributed by atoms with Gasteiger partial charge >= 0.3 is 0 Å². The molecule has 3 nitrogen and oxygen atoms in total. The van der Waals surface area contributed by atoms with Crippen LogP contribution in [0.1, 0.15) is 10.6 Å². The van der Waals surface area contributed by atoms with Gasteiger partial charge in [-0.05, 0) is 40.2 Å². The van der Waals surface area contributed by atoms with Crippen LogP contribution in [-0.2, 0) is 0 Å². The largest absolute Gasteiger partial charge is 0.450 e. The lowest BCUT2D eigenvalue weighted by Crippen LogP contribution is -2.12. The second kappa shape index (κ2) is 5.29. The lowest BCUT2D eigenvalue weighted by molar-refractivity contribution is 0.0998.